The summed E-state index contributed by atoms with van der Waals surface area (Å²) in [6.45, 7) is 7.14. The van der Waals surface area contributed by atoms with Crippen molar-refractivity contribution in [1.82, 2.24) is 5.01 Å². The number of hydrogen-bond donors (Lipinski definition) is 0. The maximum Gasteiger partial charge on any atom is 0.188 e. The lowest BCUT2D eigenvalue weighted by Gasteiger charge is -2.38. The van der Waals surface area contributed by atoms with Crippen LogP contribution >= 0.6 is 0 Å². The van der Waals surface area contributed by atoms with Gasteiger partial charge in [0.15, 0.2) is 6.23 Å². The summed E-state index contributed by atoms with van der Waals surface area (Å²) in [7, 11) is 0. The number of nitrogens with zero attached hydrogens (tertiary/aromatic N) is 2. The molecule has 0 N–H and O–H groups in total. The molecule has 2 aromatic rings. The van der Waals surface area contributed by atoms with Crippen LogP contribution in [-0.2, 0) is 0 Å². The van der Waals surface area contributed by atoms with Gasteiger partial charge in [0.2, 0.25) is 0 Å². The summed E-state index contributed by atoms with van der Waals surface area (Å²) in [5, 5.41) is 7.15. The minimum atomic E-state index is -0.00454. The highest BCUT2D eigenvalue weighted by Gasteiger charge is 2.40. The Kier molecular flexibility index (Phi) is 4.58. The van der Waals surface area contributed by atoms with Gasteiger partial charge in [-0.2, -0.15) is 5.10 Å². The van der Waals surface area contributed by atoms with Crippen molar-refractivity contribution in [3.63, 3.8) is 0 Å². The summed E-state index contributed by atoms with van der Waals surface area (Å²) in [6.07, 6.45) is 1.86. The standard InChI is InChI=1S/C22H26N2O2/c1-4-25-17-11-9-16(10-12-17)19-14-20-18-7-5-6-8-21(18)26-22(13-15(2)3)24(20)23-19/h5-12,15,20,22H,4,13-14H2,1-3H3/t20-,22+/m0/s1. The van der Waals surface area contributed by atoms with Crippen LogP contribution in [0.25, 0.3) is 0 Å². The van der Waals surface area contributed by atoms with Gasteiger partial charge in [-0.05, 0) is 48.7 Å². The molecule has 136 valence electrons. The lowest BCUT2D eigenvalue weighted by atomic mass is 9.95. The van der Waals surface area contributed by atoms with Gasteiger partial charge in [0.1, 0.15) is 11.5 Å². The lowest BCUT2D eigenvalue weighted by Crippen LogP contribution is -2.41. The van der Waals surface area contributed by atoms with Gasteiger partial charge in [0, 0.05) is 18.4 Å². The number of ether oxygens (including phenoxy) is 2. The molecule has 0 saturated heterocycles. The number of para-hydroxylation sites is 1. The van der Waals surface area contributed by atoms with Crippen molar-refractivity contribution in [1.29, 1.82) is 0 Å². The van der Waals surface area contributed by atoms with E-state index >= 15 is 0 Å². The fourth-order valence-electron chi connectivity index (χ4n) is 3.75. The second kappa shape index (κ2) is 7.02. The molecule has 0 aromatic heterocycles. The van der Waals surface area contributed by atoms with E-state index in [9.17, 15) is 0 Å². The Labute approximate surface area is 155 Å². The van der Waals surface area contributed by atoms with Crippen LogP contribution in [0.2, 0.25) is 0 Å². The highest BCUT2D eigenvalue weighted by molar-refractivity contribution is 6.02. The summed E-state index contributed by atoms with van der Waals surface area (Å²) >= 11 is 0. The van der Waals surface area contributed by atoms with Crippen molar-refractivity contribution in [3.05, 3.63) is 59.7 Å². The predicted molar refractivity (Wildman–Crippen MR) is 104 cm³/mol. The quantitative estimate of drug-likeness (QED) is 0.761. The number of rotatable bonds is 5. The smallest absolute Gasteiger partial charge is 0.188 e. The monoisotopic (exact) mass is 350 g/mol. The van der Waals surface area contributed by atoms with E-state index < -0.39 is 0 Å². The maximum absolute atomic E-state index is 6.29. The Morgan fingerprint density at radius 1 is 1.15 bits per heavy atom. The molecule has 0 aliphatic carbocycles. The molecule has 4 nitrogen and oxygen atoms in total. The third-order valence-electron chi connectivity index (χ3n) is 4.95. The predicted octanol–water partition coefficient (Wildman–Crippen LogP) is 5.00. The van der Waals surface area contributed by atoms with Crippen LogP contribution < -0.4 is 9.47 Å². The molecule has 2 aliphatic heterocycles. The van der Waals surface area contributed by atoms with Crippen LogP contribution in [0.1, 0.15) is 50.8 Å². The Bertz CT molecular complexity index is 798. The highest BCUT2D eigenvalue weighted by atomic mass is 16.5. The first-order valence-electron chi connectivity index (χ1n) is 9.50. The molecule has 0 bridgehead atoms. The van der Waals surface area contributed by atoms with Crippen molar-refractivity contribution < 1.29 is 9.47 Å². The van der Waals surface area contributed by atoms with Gasteiger partial charge in [-0.3, -0.25) is 5.01 Å². The zero-order valence-corrected chi connectivity index (χ0v) is 15.7. The molecule has 2 atom stereocenters. The zero-order valence-electron chi connectivity index (χ0n) is 15.7. The fourth-order valence-corrected chi connectivity index (χ4v) is 3.75. The van der Waals surface area contributed by atoms with Crippen LogP contribution in [0.4, 0.5) is 0 Å². The van der Waals surface area contributed by atoms with E-state index in [4.69, 9.17) is 14.6 Å². The van der Waals surface area contributed by atoms with Gasteiger partial charge in [-0.1, -0.05) is 32.0 Å². The van der Waals surface area contributed by atoms with Gasteiger partial charge < -0.3 is 9.47 Å². The molecule has 0 radical (unpaired) electrons. The van der Waals surface area contributed by atoms with Crippen molar-refractivity contribution in [3.8, 4) is 11.5 Å². The highest BCUT2D eigenvalue weighted by Crippen LogP contribution is 2.44. The van der Waals surface area contributed by atoms with E-state index in [2.05, 4.69) is 49.2 Å². The first-order valence-corrected chi connectivity index (χ1v) is 9.50. The molecule has 0 unspecified atom stereocenters. The third-order valence-corrected chi connectivity index (χ3v) is 4.95. The molecule has 2 heterocycles. The number of hydrogen-bond acceptors (Lipinski definition) is 4. The summed E-state index contributed by atoms with van der Waals surface area (Å²) in [4.78, 5) is 0. The van der Waals surface area contributed by atoms with E-state index in [-0.39, 0.29) is 12.3 Å². The topological polar surface area (TPSA) is 34.1 Å². The van der Waals surface area contributed by atoms with Crippen molar-refractivity contribution in [2.24, 2.45) is 11.0 Å². The number of hydrazone groups is 1. The fraction of sp³-hybridized carbons (Fsp3) is 0.409. The second-order valence-electron chi connectivity index (χ2n) is 7.34. The van der Waals surface area contributed by atoms with Crippen molar-refractivity contribution in [2.45, 2.75) is 45.9 Å². The molecule has 0 saturated carbocycles. The van der Waals surface area contributed by atoms with Gasteiger partial charge in [0.05, 0.1) is 18.4 Å². The molecule has 2 aromatic carbocycles. The van der Waals surface area contributed by atoms with Crippen molar-refractivity contribution >= 4 is 5.71 Å². The van der Waals surface area contributed by atoms with Crippen LogP contribution in [0, 0.1) is 5.92 Å². The molecular formula is C22H26N2O2. The van der Waals surface area contributed by atoms with E-state index in [0.29, 0.717) is 12.5 Å². The molecule has 2 aliphatic rings. The molecule has 4 rings (SSSR count). The Morgan fingerprint density at radius 3 is 2.65 bits per heavy atom. The van der Waals surface area contributed by atoms with Crippen molar-refractivity contribution in [2.75, 3.05) is 6.61 Å². The van der Waals surface area contributed by atoms with E-state index in [1.54, 1.807) is 0 Å². The zero-order chi connectivity index (χ0) is 18.1. The van der Waals surface area contributed by atoms with Crippen LogP contribution in [0.15, 0.2) is 53.6 Å². The van der Waals surface area contributed by atoms with Crippen LogP contribution in [0.5, 0.6) is 11.5 Å². The summed E-state index contributed by atoms with van der Waals surface area (Å²) in [5.74, 6) is 2.46. The SMILES string of the molecule is CCOc1ccc(C2=NN3[C@@H](CC(C)C)Oc4ccccc4[C@@H]3C2)cc1. The van der Waals surface area contributed by atoms with Gasteiger partial charge >= 0.3 is 0 Å². The molecule has 0 fully saturated rings. The average Bonchev–Trinajstić information content (AvgIpc) is 3.08. The Hall–Kier alpha value is -2.49. The minimum absolute atomic E-state index is 0.00454. The van der Waals surface area contributed by atoms with E-state index in [1.807, 2.05) is 25.1 Å². The maximum atomic E-state index is 6.29. The normalized spacial score (nSPS) is 21.1. The Morgan fingerprint density at radius 2 is 1.92 bits per heavy atom. The van der Waals surface area contributed by atoms with Gasteiger partial charge in [-0.25, -0.2) is 0 Å². The summed E-state index contributed by atoms with van der Waals surface area (Å²) < 4.78 is 11.8. The molecular weight excluding hydrogens is 324 g/mol. The third kappa shape index (κ3) is 3.16. The van der Waals surface area contributed by atoms with Crippen LogP contribution in [-0.4, -0.2) is 23.6 Å². The lowest BCUT2D eigenvalue weighted by molar-refractivity contribution is -0.0291. The average molecular weight is 350 g/mol. The van der Waals surface area contributed by atoms with Gasteiger partial charge in [-0.15, -0.1) is 0 Å². The molecule has 4 heteroatoms. The number of fused-ring (bicyclic) bond motifs is 3. The molecule has 0 amide bonds. The molecule has 0 spiro atoms. The van der Waals surface area contributed by atoms with Crippen LogP contribution in [0.3, 0.4) is 0 Å². The summed E-state index contributed by atoms with van der Waals surface area (Å²) in [6, 6.07) is 16.9. The second-order valence-corrected chi connectivity index (χ2v) is 7.34. The number of benzene rings is 2. The Balaban J connectivity index is 1.64. The first kappa shape index (κ1) is 17.0. The minimum Gasteiger partial charge on any atom is -0.494 e. The van der Waals surface area contributed by atoms with E-state index in [1.165, 1.54) is 5.56 Å². The summed E-state index contributed by atoms with van der Waals surface area (Å²) in [5.41, 5.74) is 3.51. The first-order chi connectivity index (χ1) is 12.7. The molecule has 26 heavy (non-hydrogen) atoms. The van der Waals surface area contributed by atoms with E-state index in [0.717, 1.165) is 35.6 Å². The van der Waals surface area contributed by atoms with Gasteiger partial charge in [0.25, 0.3) is 0 Å². The largest absolute Gasteiger partial charge is 0.494 e.